The van der Waals surface area contributed by atoms with E-state index in [0.717, 1.165) is 5.57 Å². The highest BCUT2D eigenvalue weighted by molar-refractivity contribution is 5.93. The predicted octanol–water partition coefficient (Wildman–Crippen LogP) is 1.62. The van der Waals surface area contributed by atoms with Crippen molar-refractivity contribution in [1.29, 1.82) is 0 Å². The molecule has 5 nitrogen and oxygen atoms in total. The summed E-state index contributed by atoms with van der Waals surface area (Å²) in [7, 11) is 0. The molecule has 0 saturated heterocycles. The normalized spacial score (nSPS) is 26.0. The Hall–Kier alpha value is -2.17. The number of nitrogens with zero attached hydrogens (tertiary/aromatic N) is 2. The van der Waals surface area contributed by atoms with Crippen molar-refractivity contribution >= 4 is 5.91 Å². The van der Waals surface area contributed by atoms with E-state index in [1.165, 1.54) is 16.9 Å². The summed E-state index contributed by atoms with van der Waals surface area (Å²) in [5, 5.41) is 6.73. The average molecular weight is 287 g/mol. The van der Waals surface area contributed by atoms with E-state index in [0.29, 0.717) is 30.8 Å². The Morgan fingerprint density at radius 2 is 2.29 bits per heavy atom. The lowest BCUT2D eigenvalue weighted by Crippen LogP contribution is -2.34. The molecule has 5 heteroatoms. The fourth-order valence-corrected chi connectivity index (χ4v) is 2.90. The Bertz CT molecular complexity index is 693. The van der Waals surface area contributed by atoms with Gasteiger partial charge in [0, 0.05) is 14.2 Å². The summed E-state index contributed by atoms with van der Waals surface area (Å²) in [6.45, 7) is 4.97. The first-order valence-electron chi connectivity index (χ1n) is 7.35. The summed E-state index contributed by atoms with van der Waals surface area (Å²) in [6.07, 6.45) is 8.00. The molecule has 0 aliphatic heterocycles. The van der Waals surface area contributed by atoms with Gasteiger partial charge in [0.2, 0.25) is 0 Å². The third-order valence-electron chi connectivity index (χ3n) is 4.28. The van der Waals surface area contributed by atoms with Gasteiger partial charge >= 0.3 is 0 Å². The quantitative estimate of drug-likeness (QED) is 0.915. The summed E-state index contributed by atoms with van der Waals surface area (Å²) in [6, 6.07) is 1.47. The van der Waals surface area contributed by atoms with Crippen molar-refractivity contribution in [2.75, 3.05) is 6.54 Å². The zero-order valence-electron chi connectivity index (χ0n) is 12.2. The Morgan fingerprint density at radius 1 is 1.48 bits per heavy atom. The van der Waals surface area contributed by atoms with Crippen LogP contribution >= 0.6 is 0 Å². The van der Waals surface area contributed by atoms with Crippen molar-refractivity contribution < 1.29 is 6.22 Å². The van der Waals surface area contributed by atoms with Crippen molar-refractivity contribution in [2.24, 2.45) is 17.8 Å². The molecule has 3 unspecified atom stereocenters. The Kier molecular flexibility index (Phi) is 3.49. The summed E-state index contributed by atoms with van der Waals surface area (Å²) in [5.74, 6) is 1.63. The van der Waals surface area contributed by atoms with Gasteiger partial charge in [-0.15, -0.1) is 0 Å². The number of hydrogen-bond donors (Lipinski definition) is 1. The lowest BCUT2D eigenvalue weighted by atomic mass is 10.1. The smallest absolute Gasteiger partial charge is 0.279 e. The van der Waals surface area contributed by atoms with Gasteiger partial charge in [0.15, 0.2) is 0 Å². The van der Waals surface area contributed by atoms with E-state index in [1.54, 1.807) is 0 Å². The molecule has 112 valence electrons. The van der Waals surface area contributed by atoms with Gasteiger partial charge in [0.05, 0.1) is 6.54 Å². The van der Waals surface area contributed by atoms with Crippen molar-refractivity contribution in [2.45, 2.75) is 20.4 Å². The molecule has 0 spiro atoms. The van der Waals surface area contributed by atoms with Crippen LogP contribution in [0.4, 0.5) is 0 Å². The number of allylic oxidation sites excluding steroid dienone is 4. The van der Waals surface area contributed by atoms with Crippen LogP contribution in [-0.4, -0.2) is 22.2 Å². The molecule has 3 atom stereocenters. The minimum atomic E-state index is -0.345. The summed E-state index contributed by atoms with van der Waals surface area (Å²) < 4.78 is 1.36. The molecule has 1 aromatic heterocycles. The van der Waals surface area contributed by atoms with Crippen LogP contribution in [0.25, 0.3) is 0 Å². The summed E-state index contributed by atoms with van der Waals surface area (Å²) in [4.78, 5) is 24.1. The molecule has 0 radical (unpaired) electrons. The highest BCUT2D eigenvalue weighted by Crippen LogP contribution is 2.50. The number of amides is 1. The predicted molar refractivity (Wildman–Crippen MR) is 82.0 cm³/mol. The molecular weight excluding hydrogens is 266 g/mol. The van der Waals surface area contributed by atoms with Crippen molar-refractivity contribution in [3.63, 3.8) is 0 Å². The number of aromatic nitrogens is 2. The highest BCUT2D eigenvalue weighted by Gasteiger charge is 2.44. The minimum Gasteiger partial charge on any atom is -0.352 e. The van der Waals surface area contributed by atoms with Crippen LogP contribution in [-0.2, 0) is 6.54 Å². The van der Waals surface area contributed by atoms with Gasteiger partial charge in [-0.3, -0.25) is 9.59 Å². The number of hydrogen-bond acceptors (Lipinski definition) is 3. The largest absolute Gasteiger partial charge is 0.352 e. The van der Waals surface area contributed by atoms with Crippen LogP contribution in [0.3, 0.4) is 0 Å². The first kappa shape index (κ1) is 13.8. The van der Waals surface area contributed by atoms with E-state index in [9.17, 15) is 9.59 Å². The van der Waals surface area contributed by atoms with Gasteiger partial charge in [0.25, 0.3) is 11.5 Å². The molecule has 2 aliphatic rings. The molecule has 21 heavy (non-hydrogen) atoms. The third-order valence-corrected chi connectivity index (χ3v) is 4.28. The maximum Gasteiger partial charge on any atom is 0.279 e. The molecule has 0 aromatic carbocycles. The number of nitrogens with one attached hydrogen (secondary N) is 1. The Morgan fingerprint density at radius 3 is 3.00 bits per heavy atom. The molecular formula is C16H21N3O2. The summed E-state index contributed by atoms with van der Waals surface area (Å²) in [5.41, 5.74) is 0.886. The molecule has 1 amide bonds. The van der Waals surface area contributed by atoms with Gasteiger partial charge < -0.3 is 5.32 Å². The van der Waals surface area contributed by atoms with Gasteiger partial charge in [-0.05, 0) is 36.3 Å². The van der Waals surface area contributed by atoms with Gasteiger partial charge in [-0.2, -0.15) is 5.10 Å². The van der Waals surface area contributed by atoms with E-state index in [4.69, 9.17) is 0 Å². The van der Waals surface area contributed by atoms with Crippen LogP contribution < -0.4 is 10.9 Å². The zero-order chi connectivity index (χ0) is 15.0. The maximum absolute atomic E-state index is 12.3. The molecule has 1 N–H and O–H groups in total. The molecule has 1 saturated carbocycles. The van der Waals surface area contributed by atoms with E-state index in [2.05, 4.69) is 35.6 Å². The lowest BCUT2D eigenvalue weighted by Gasteiger charge is -2.09. The van der Waals surface area contributed by atoms with Gasteiger partial charge in [0.1, 0.15) is 5.56 Å². The van der Waals surface area contributed by atoms with E-state index >= 15 is 0 Å². The highest BCUT2D eigenvalue weighted by atomic mass is 16.2. The molecule has 1 heterocycles. The number of fused-ring (bicyclic) bond motifs is 1. The SMILES string of the molecule is CCNC(=O)c1ccnn(CC2=CC3C(C)C3C=C2)c1=O.[HH]. The van der Waals surface area contributed by atoms with Gasteiger partial charge in [-0.25, -0.2) is 4.68 Å². The molecule has 0 bridgehead atoms. The Labute approximate surface area is 124 Å². The maximum atomic E-state index is 12.3. The first-order valence-corrected chi connectivity index (χ1v) is 7.35. The van der Waals surface area contributed by atoms with Crippen LogP contribution in [0.2, 0.25) is 0 Å². The van der Waals surface area contributed by atoms with Crippen molar-refractivity contribution in [1.82, 2.24) is 15.1 Å². The van der Waals surface area contributed by atoms with Crippen LogP contribution in [0.5, 0.6) is 0 Å². The van der Waals surface area contributed by atoms with Crippen LogP contribution in [0.15, 0.2) is 40.9 Å². The number of rotatable bonds is 4. The topological polar surface area (TPSA) is 64.0 Å². The average Bonchev–Trinajstić information content (AvgIpc) is 3.11. The second-order valence-electron chi connectivity index (χ2n) is 5.68. The molecule has 3 rings (SSSR count). The lowest BCUT2D eigenvalue weighted by molar-refractivity contribution is 0.0953. The van der Waals surface area contributed by atoms with Crippen molar-refractivity contribution in [3.8, 4) is 0 Å². The molecule has 1 aromatic rings. The van der Waals surface area contributed by atoms with Crippen molar-refractivity contribution in [3.05, 3.63) is 52.0 Å². The summed E-state index contributed by atoms with van der Waals surface area (Å²) >= 11 is 0. The van der Waals surface area contributed by atoms with E-state index < -0.39 is 0 Å². The first-order chi connectivity index (χ1) is 10.1. The Balaban J connectivity index is 0.00000176. The van der Waals surface area contributed by atoms with Gasteiger partial charge in [-0.1, -0.05) is 25.2 Å². The second-order valence-corrected chi connectivity index (χ2v) is 5.68. The zero-order valence-corrected chi connectivity index (χ0v) is 12.2. The van der Waals surface area contributed by atoms with Crippen LogP contribution in [0, 0.1) is 17.8 Å². The fourth-order valence-electron chi connectivity index (χ4n) is 2.90. The second kappa shape index (κ2) is 5.31. The monoisotopic (exact) mass is 287 g/mol. The minimum absolute atomic E-state index is 0. The van der Waals surface area contributed by atoms with E-state index in [-0.39, 0.29) is 18.5 Å². The standard InChI is InChI=1S/C16H19N3O2.H2/c1-3-17-15(20)13-6-7-18-19(16(13)21)9-11-4-5-12-10(2)14(12)8-11;/h4-8,10,12,14H,3,9H2,1-2H3,(H,17,20);1H. The van der Waals surface area contributed by atoms with E-state index in [1.807, 2.05) is 6.92 Å². The molecule has 1 fully saturated rings. The number of carbonyl (C=O) groups excluding carboxylic acids is 1. The third kappa shape index (κ3) is 2.55. The fraction of sp³-hybridized carbons (Fsp3) is 0.438. The van der Waals surface area contributed by atoms with Crippen LogP contribution in [0.1, 0.15) is 25.6 Å². The molecule has 2 aliphatic carbocycles. The number of carbonyl (C=O) groups is 1.